The maximum atomic E-state index is 11.7. The van der Waals surface area contributed by atoms with Crippen molar-refractivity contribution in [2.75, 3.05) is 13.7 Å². The molecule has 0 aliphatic heterocycles. The third-order valence-electron chi connectivity index (χ3n) is 2.03. The van der Waals surface area contributed by atoms with Gasteiger partial charge in [-0.15, -0.1) is 0 Å². The fourth-order valence-corrected chi connectivity index (χ4v) is 1.57. The molecule has 0 saturated heterocycles. The van der Waals surface area contributed by atoms with Crippen molar-refractivity contribution < 1.29 is 19.4 Å². The van der Waals surface area contributed by atoms with Crippen molar-refractivity contribution in [2.45, 2.75) is 6.42 Å². The third kappa shape index (κ3) is 4.07. The summed E-state index contributed by atoms with van der Waals surface area (Å²) in [5.41, 5.74) is 0.376. The van der Waals surface area contributed by atoms with Crippen molar-refractivity contribution in [1.82, 2.24) is 5.32 Å². The number of carboxylic acid groups (broad SMARTS) is 1. The Labute approximate surface area is 107 Å². The Bertz CT molecular complexity index is 433. The van der Waals surface area contributed by atoms with E-state index >= 15 is 0 Å². The summed E-state index contributed by atoms with van der Waals surface area (Å²) in [6, 6.07) is 5.00. The molecule has 0 spiro atoms. The first-order chi connectivity index (χ1) is 8.04. The lowest BCUT2D eigenvalue weighted by Gasteiger charge is -2.08. The van der Waals surface area contributed by atoms with Gasteiger partial charge in [0.25, 0.3) is 5.91 Å². The van der Waals surface area contributed by atoms with Gasteiger partial charge in [0.05, 0.1) is 19.1 Å². The zero-order chi connectivity index (χ0) is 12.8. The number of carbonyl (C=O) groups is 2. The van der Waals surface area contributed by atoms with Gasteiger partial charge in [-0.2, -0.15) is 0 Å². The minimum absolute atomic E-state index is 0.0907. The van der Waals surface area contributed by atoms with E-state index in [1.54, 1.807) is 18.2 Å². The molecule has 0 aliphatic carbocycles. The first-order valence-electron chi connectivity index (χ1n) is 4.88. The van der Waals surface area contributed by atoms with Gasteiger partial charge in [0.15, 0.2) is 0 Å². The number of carboxylic acids is 1. The van der Waals surface area contributed by atoms with E-state index in [1.165, 1.54) is 7.11 Å². The van der Waals surface area contributed by atoms with Crippen LogP contribution in [0.1, 0.15) is 16.8 Å². The van der Waals surface area contributed by atoms with Crippen molar-refractivity contribution >= 4 is 27.8 Å². The van der Waals surface area contributed by atoms with Gasteiger partial charge in [0.1, 0.15) is 5.75 Å². The molecule has 1 amide bonds. The lowest BCUT2D eigenvalue weighted by atomic mass is 10.2. The number of benzene rings is 1. The predicted octanol–water partition coefficient (Wildman–Crippen LogP) is 1.66. The molecule has 0 fully saturated rings. The van der Waals surface area contributed by atoms with E-state index in [-0.39, 0.29) is 18.9 Å². The quantitative estimate of drug-likeness (QED) is 0.867. The van der Waals surface area contributed by atoms with Gasteiger partial charge in [-0.3, -0.25) is 9.59 Å². The Hall–Kier alpha value is -1.56. The minimum atomic E-state index is -0.951. The van der Waals surface area contributed by atoms with E-state index in [9.17, 15) is 9.59 Å². The molecule has 0 bridgehead atoms. The molecule has 0 aromatic heterocycles. The summed E-state index contributed by atoms with van der Waals surface area (Å²) in [5, 5.41) is 11.0. The van der Waals surface area contributed by atoms with Gasteiger partial charge in [-0.1, -0.05) is 15.9 Å². The largest absolute Gasteiger partial charge is 0.496 e. The molecule has 1 aromatic carbocycles. The Kier molecular flexibility index (Phi) is 4.96. The number of hydrogen-bond acceptors (Lipinski definition) is 3. The summed E-state index contributed by atoms with van der Waals surface area (Å²) in [5.74, 6) is -0.865. The normalized spacial score (nSPS) is 9.76. The van der Waals surface area contributed by atoms with Crippen LogP contribution in [0.15, 0.2) is 22.7 Å². The van der Waals surface area contributed by atoms with Crippen LogP contribution in [0.3, 0.4) is 0 Å². The molecule has 0 heterocycles. The van der Waals surface area contributed by atoms with E-state index in [0.717, 1.165) is 4.47 Å². The van der Waals surface area contributed by atoms with Gasteiger partial charge in [-0.25, -0.2) is 0 Å². The lowest BCUT2D eigenvalue weighted by molar-refractivity contribution is -0.136. The van der Waals surface area contributed by atoms with Crippen LogP contribution in [0, 0.1) is 0 Å². The number of amides is 1. The zero-order valence-corrected chi connectivity index (χ0v) is 10.8. The summed E-state index contributed by atoms with van der Waals surface area (Å²) in [6.07, 6.45) is -0.107. The maximum Gasteiger partial charge on any atom is 0.305 e. The Balaban J connectivity index is 2.71. The van der Waals surface area contributed by atoms with Gasteiger partial charge in [0, 0.05) is 11.0 Å². The number of rotatable bonds is 5. The van der Waals surface area contributed by atoms with Crippen LogP contribution in [-0.2, 0) is 4.79 Å². The van der Waals surface area contributed by atoms with Gasteiger partial charge in [0.2, 0.25) is 0 Å². The van der Waals surface area contributed by atoms with Crippen LogP contribution in [0.4, 0.5) is 0 Å². The second-order valence-corrected chi connectivity index (χ2v) is 4.16. The Morgan fingerprint density at radius 1 is 1.47 bits per heavy atom. The fourth-order valence-electron chi connectivity index (χ4n) is 1.23. The van der Waals surface area contributed by atoms with Crippen LogP contribution in [0.25, 0.3) is 0 Å². The third-order valence-corrected chi connectivity index (χ3v) is 2.53. The van der Waals surface area contributed by atoms with Crippen molar-refractivity contribution in [1.29, 1.82) is 0 Å². The van der Waals surface area contributed by atoms with Gasteiger partial charge >= 0.3 is 5.97 Å². The highest BCUT2D eigenvalue weighted by molar-refractivity contribution is 9.10. The summed E-state index contributed by atoms with van der Waals surface area (Å²) < 4.78 is 5.87. The van der Waals surface area contributed by atoms with Crippen molar-refractivity contribution in [3.63, 3.8) is 0 Å². The number of hydrogen-bond donors (Lipinski definition) is 2. The Morgan fingerprint density at radius 3 is 2.76 bits per heavy atom. The number of aliphatic carboxylic acids is 1. The number of halogens is 1. The molecular formula is C11H12BrNO4. The zero-order valence-electron chi connectivity index (χ0n) is 9.20. The molecule has 92 valence electrons. The highest BCUT2D eigenvalue weighted by Gasteiger charge is 2.12. The van der Waals surface area contributed by atoms with Crippen LogP contribution in [0.2, 0.25) is 0 Å². The first-order valence-corrected chi connectivity index (χ1v) is 5.67. The molecule has 2 N–H and O–H groups in total. The molecule has 5 nitrogen and oxygen atoms in total. The molecule has 0 atom stereocenters. The van der Waals surface area contributed by atoms with Crippen molar-refractivity contribution in [3.05, 3.63) is 28.2 Å². The van der Waals surface area contributed by atoms with Crippen LogP contribution in [-0.4, -0.2) is 30.6 Å². The van der Waals surface area contributed by atoms with Crippen LogP contribution >= 0.6 is 15.9 Å². The predicted molar refractivity (Wildman–Crippen MR) is 65.3 cm³/mol. The van der Waals surface area contributed by atoms with Gasteiger partial charge < -0.3 is 15.2 Å². The number of methoxy groups -OCH3 is 1. The molecular weight excluding hydrogens is 290 g/mol. The SMILES string of the molecule is COc1cc(Br)ccc1C(=O)NCCC(=O)O. The highest BCUT2D eigenvalue weighted by Crippen LogP contribution is 2.23. The van der Waals surface area contributed by atoms with E-state index in [4.69, 9.17) is 9.84 Å². The average Bonchev–Trinajstić information content (AvgIpc) is 2.28. The molecule has 0 saturated carbocycles. The summed E-state index contributed by atoms with van der Waals surface area (Å²) >= 11 is 3.27. The molecule has 0 aliphatic rings. The maximum absolute atomic E-state index is 11.7. The second kappa shape index (κ2) is 6.24. The topological polar surface area (TPSA) is 75.6 Å². The molecule has 0 radical (unpaired) electrons. The highest BCUT2D eigenvalue weighted by atomic mass is 79.9. The summed E-state index contributed by atoms with van der Waals surface area (Å²) in [4.78, 5) is 22.0. The minimum Gasteiger partial charge on any atom is -0.496 e. The average molecular weight is 302 g/mol. The lowest BCUT2D eigenvalue weighted by Crippen LogP contribution is -2.26. The van der Waals surface area contributed by atoms with Crippen LogP contribution in [0.5, 0.6) is 5.75 Å². The fraction of sp³-hybridized carbons (Fsp3) is 0.273. The van der Waals surface area contributed by atoms with E-state index in [2.05, 4.69) is 21.2 Å². The van der Waals surface area contributed by atoms with E-state index < -0.39 is 5.97 Å². The number of carbonyl (C=O) groups excluding carboxylic acids is 1. The second-order valence-electron chi connectivity index (χ2n) is 3.24. The summed E-state index contributed by atoms with van der Waals surface area (Å²) in [6.45, 7) is 0.0907. The van der Waals surface area contributed by atoms with E-state index in [0.29, 0.717) is 11.3 Å². The first kappa shape index (κ1) is 13.5. The van der Waals surface area contributed by atoms with Crippen molar-refractivity contribution in [2.24, 2.45) is 0 Å². The van der Waals surface area contributed by atoms with Gasteiger partial charge in [-0.05, 0) is 18.2 Å². The van der Waals surface area contributed by atoms with E-state index in [1.807, 2.05) is 0 Å². The monoisotopic (exact) mass is 301 g/mol. The number of ether oxygens (including phenoxy) is 1. The molecule has 17 heavy (non-hydrogen) atoms. The molecule has 6 heteroatoms. The van der Waals surface area contributed by atoms with Crippen molar-refractivity contribution in [3.8, 4) is 5.75 Å². The molecule has 1 rings (SSSR count). The number of nitrogens with one attached hydrogen (secondary N) is 1. The molecule has 1 aromatic rings. The smallest absolute Gasteiger partial charge is 0.305 e. The van der Waals surface area contributed by atoms with Crippen LogP contribution < -0.4 is 10.1 Å². The Morgan fingerprint density at radius 2 is 2.18 bits per heavy atom. The summed E-state index contributed by atoms with van der Waals surface area (Å²) in [7, 11) is 1.47. The standard InChI is InChI=1S/C11H12BrNO4/c1-17-9-6-7(12)2-3-8(9)11(16)13-5-4-10(14)15/h2-3,6H,4-5H2,1H3,(H,13,16)(H,14,15). The molecule has 0 unspecified atom stereocenters.